The molecule has 0 atom stereocenters. The maximum absolute atomic E-state index is 5.27. The van der Waals surface area contributed by atoms with Crippen molar-refractivity contribution < 1.29 is 4.74 Å². The minimum absolute atomic E-state index is 0.497. The van der Waals surface area contributed by atoms with Crippen molar-refractivity contribution >= 4 is 11.3 Å². The van der Waals surface area contributed by atoms with Crippen LogP contribution in [0.3, 0.4) is 0 Å². The topological polar surface area (TPSA) is 43.2 Å². The van der Waals surface area contributed by atoms with Crippen molar-refractivity contribution in [2.75, 3.05) is 20.2 Å². The number of hydrogen-bond donors (Lipinski definition) is 0. The number of aryl methyl sites for hydroxylation is 1. The van der Waals surface area contributed by atoms with Gasteiger partial charge in [-0.15, -0.1) is 21.5 Å². The Morgan fingerprint density at radius 1 is 1.17 bits per heavy atom. The van der Waals surface area contributed by atoms with Gasteiger partial charge in [0, 0.05) is 31.5 Å². The molecule has 0 saturated carbocycles. The molecule has 0 N–H and O–H groups in total. The minimum atomic E-state index is 0.497. The number of hydrogen-bond acceptors (Lipinski definition) is 5. The predicted molar refractivity (Wildman–Crippen MR) is 94.9 cm³/mol. The number of thiophene rings is 1. The van der Waals surface area contributed by atoms with Crippen LogP contribution in [0, 0.1) is 5.41 Å². The van der Waals surface area contributed by atoms with Crippen molar-refractivity contribution in [3.63, 3.8) is 0 Å². The summed E-state index contributed by atoms with van der Waals surface area (Å²) < 4.78 is 7.57. The number of piperidine rings is 1. The van der Waals surface area contributed by atoms with E-state index in [2.05, 4.69) is 37.2 Å². The smallest absolute Gasteiger partial charge is 0.159 e. The molecule has 5 nitrogen and oxygen atoms in total. The molecule has 130 valence electrons. The summed E-state index contributed by atoms with van der Waals surface area (Å²) in [6.45, 7) is 5.19. The lowest BCUT2D eigenvalue weighted by Gasteiger charge is -2.41. The van der Waals surface area contributed by atoms with Crippen molar-refractivity contribution in [1.29, 1.82) is 0 Å². The summed E-state index contributed by atoms with van der Waals surface area (Å²) in [6, 6.07) is 4.41. The highest BCUT2D eigenvalue weighted by molar-refractivity contribution is 7.09. The number of ether oxygens (including phenoxy) is 1. The Bertz CT molecular complexity index is 659. The molecule has 0 radical (unpaired) electrons. The average Bonchev–Trinajstić information content (AvgIpc) is 3.20. The summed E-state index contributed by atoms with van der Waals surface area (Å²) in [5, 5.41) is 10.9. The second-order valence-corrected chi connectivity index (χ2v) is 8.25. The van der Waals surface area contributed by atoms with Crippen LogP contribution in [0.5, 0.6) is 0 Å². The Balaban J connectivity index is 1.38. The first kappa shape index (κ1) is 16.2. The van der Waals surface area contributed by atoms with Crippen molar-refractivity contribution in [2.24, 2.45) is 5.41 Å². The van der Waals surface area contributed by atoms with E-state index in [4.69, 9.17) is 4.74 Å². The minimum Gasteiger partial charge on any atom is -0.377 e. The first-order valence-corrected chi connectivity index (χ1v) is 9.81. The van der Waals surface area contributed by atoms with Crippen LogP contribution in [-0.2, 0) is 30.9 Å². The molecule has 1 fully saturated rings. The number of nitrogens with zero attached hydrogens (tertiary/aromatic N) is 4. The Kier molecular flexibility index (Phi) is 4.70. The van der Waals surface area contributed by atoms with Crippen molar-refractivity contribution in [2.45, 2.75) is 51.8 Å². The van der Waals surface area contributed by atoms with Crippen LogP contribution in [0.15, 0.2) is 17.5 Å². The molecule has 0 bridgehead atoms. The first-order valence-electron chi connectivity index (χ1n) is 8.93. The van der Waals surface area contributed by atoms with Gasteiger partial charge in [-0.3, -0.25) is 4.90 Å². The van der Waals surface area contributed by atoms with Gasteiger partial charge in [0.25, 0.3) is 0 Å². The van der Waals surface area contributed by atoms with E-state index < -0.39 is 0 Å². The Labute approximate surface area is 147 Å². The zero-order valence-electron chi connectivity index (χ0n) is 14.4. The van der Waals surface area contributed by atoms with E-state index in [0.29, 0.717) is 12.0 Å². The summed E-state index contributed by atoms with van der Waals surface area (Å²) in [4.78, 5) is 4.11. The second-order valence-electron chi connectivity index (χ2n) is 7.22. The first-order chi connectivity index (χ1) is 11.8. The molecule has 4 rings (SSSR count). The molecule has 2 aromatic heterocycles. The Hall–Kier alpha value is -1.24. The largest absolute Gasteiger partial charge is 0.377 e. The maximum atomic E-state index is 5.27. The van der Waals surface area contributed by atoms with Gasteiger partial charge in [-0.25, -0.2) is 0 Å². The molecule has 1 saturated heterocycles. The monoisotopic (exact) mass is 346 g/mol. The molecule has 2 aromatic rings. The van der Waals surface area contributed by atoms with Crippen LogP contribution in [0.2, 0.25) is 0 Å². The number of likely N-dealkylation sites (tertiary alicyclic amines) is 1. The quantitative estimate of drug-likeness (QED) is 0.853. The predicted octanol–water partition coefficient (Wildman–Crippen LogP) is 3.10. The SMILES string of the molecule is COCc1nnc2n1CCC1(CC2)CCN(Cc2cccs2)CC1. The molecule has 1 spiro atoms. The number of fused-ring (bicyclic) bond motifs is 1. The summed E-state index contributed by atoms with van der Waals surface area (Å²) in [5.74, 6) is 2.14. The zero-order chi connectivity index (χ0) is 16.4. The number of aromatic nitrogens is 3. The van der Waals surface area contributed by atoms with Gasteiger partial charge >= 0.3 is 0 Å². The van der Waals surface area contributed by atoms with Gasteiger partial charge in [-0.2, -0.15) is 0 Å². The van der Waals surface area contributed by atoms with Crippen LogP contribution in [0.4, 0.5) is 0 Å². The van der Waals surface area contributed by atoms with Crippen LogP contribution < -0.4 is 0 Å². The molecular formula is C18H26N4OS. The van der Waals surface area contributed by atoms with Gasteiger partial charge in [0.05, 0.1) is 0 Å². The standard InChI is InChI=1S/C18H26N4OS/c1-23-14-17-20-19-16-4-5-18(8-11-22(16)17)6-9-21(10-7-18)13-15-3-2-12-24-15/h2-3,12H,4-11,13-14H2,1H3. The lowest BCUT2D eigenvalue weighted by molar-refractivity contribution is 0.0827. The molecule has 0 unspecified atom stereocenters. The van der Waals surface area contributed by atoms with Crippen LogP contribution >= 0.6 is 11.3 Å². The lowest BCUT2D eigenvalue weighted by Crippen LogP contribution is -2.39. The van der Waals surface area contributed by atoms with Crippen LogP contribution in [0.25, 0.3) is 0 Å². The fourth-order valence-electron chi connectivity index (χ4n) is 4.21. The molecule has 6 heteroatoms. The Morgan fingerprint density at radius 2 is 2.00 bits per heavy atom. The zero-order valence-corrected chi connectivity index (χ0v) is 15.2. The van der Waals surface area contributed by atoms with Gasteiger partial charge in [-0.1, -0.05) is 6.07 Å². The molecule has 0 amide bonds. The molecular weight excluding hydrogens is 320 g/mol. The Morgan fingerprint density at radius 3 is 2.75 bits per heavy atom. The molecule has 2 aliphatic heterocycles. The van der Waals surface area contributed by atoms with Crippen molar-refractivity contribution in [1.82, 2.24) is 19.7 Å². The molecule has 0 aromatic carbocycles. The van der Waals surface area contributed by atoms with Crippen LogP contribution in [0.1, 0.15) is 42.2 Å². The lowest BCUT2D eigenvalue weighted by atomic mass is 9.73. The fourth-order valence-corrected chi connectivity index (χ4v) is 4.96. The van der Waals surface area contributed by atoms with E-state index in [1.807, 2.05) is 11.3 Å². The summed E-state index contributed by atoms with van der Waals surface area (Å²) >= 11 is 1.87. The van der Waals surface area contributed by atoms with Crippen molar-refractivity contribution in [3.05, 3.63) is 34.0 Å². The number of rotatable bonds is 4. The van der Waals surface area contributed by atoms with E-state index >= 15 is 0 Å². The molecule has 0 aliphatic carbocycles. The third-order valence-electron chi connectivity index (χ3n) is 5.80. The van der Waals surface area contributed by atoms with E-state index in [9.17, 15) is 0 Å². The van der Waals surface area contributed by atoms with Gasteiger partial charge in [-0.05, 0) is 55.6 Å². The van der Waals surface area contributed by atoms with Gasteiger partial charge in [0.15, 0.2) is 5.82 Å². The molecule has 2 aliphatic rings. The van der Waals surface area contributed by atoms with Gasteiger partial charge in [0.2, 0.25) is 0 Å². The third kappa shape index (κ3) is 3.27. The van der Waals surface area contributed by atoms with Crippen LogP contribution in [-0.4, -0.2) is 39.9 Å². The maximum Gasteiger partial charge on any atom is 0.159 e. The highest BCUT2D eigenvalue weighted by Crippen LogP contribution is 2.42. The highest BCUT2D eigenvalue weighted by atomic mass is 32.1. The molecule has 24 heavy (non-hydrogen) atoms. The summed E-state index contributed by atoms with van der Waals surface area (Å²) in [5.41, 5.74) is 0.497. The number of methoxy groups -OCH3 is 1. The van der Waals surface area contributed by atoms with Gasteiger partial charge in [0.1, 0.15) is 12.4 Å². The second kappa shape index (κ2) is 6.94. The van der Waals surface area contributed by atoms with Crippen molar-refractivity contribution in [3.8, 4) is 0 Å². The third-order valence-corrected chi connectivity index (χ3v) is 6.66. The van der Waals surface area contributed by atoms with E-state index in [-0.39, 0.29) is 0 Å². The molecule has 4 heterocycles. The normalized spacial score (nSPS) is 20.9. The van der Waals surface area contributed by atoms with Gasteiger partial charge < -0.3 is 9.30 Å². The summed E-state index contributed by atoms with van der Waals surface area (Å²) in [7, 11) is 1.73. The summed E-state index contributed by atoms with van der Waals surface area (Å²) in [6.07, 6.45) is 6.20. The van der Waals surface area contributed by atoms with E-state index in [1.165, 1.54) is 43.6 Å². The van der Waals surface area contributed by atoms with E-state index in [1.54, 1.807) is 7.11 Å². The average molecular weight is 347 g/mol. The fraction of sp³-hybridized carbons (Fsp3) is 0.667. The van der Waals surface area contributed by atoms with E-state index in [0.717, 1.165) is 31.2 Å². The highest BCUT2D eigenvalue weighted by Gasteiger charge is 2.36.